The van der Waals surface area contributed by atoms with Crippen LogP contribution >= 0.6 is 0 Å². The predicted molar refractivity (Wildman–Crippen MR) is 181 cm³/mol. The molecule has 0 spiro atoms. The van der Waals surface area contributed by atoms with Gasteiger partial charge in [-0.05, 0) is 46.0 Å². The summed E-state index contributed by atoms with van der Waals surface area (Å²) in [7, 11) is 0. The maximum absolute atomic E-state index is 15.0. The second kappa shape index (κ2) is 17.1. The molecule has 0 radical (unpaired) electrons. The molecule has 5 atom stereocenters. The van der Waals surface area contributed by atoms with E-state index in [0.29, 0.717) is 25.1 Å². The fourth-order valence-electron chi connectivity index (χ4n) is 5.93. The van der Waals surface area contributed by atoms with Gasteiger partial charge in [-0.15, -0.1) is 0 Å². The Morgan fingerprint density at radius 2 is 1.02 bits per heavy atom. The molecule has 246 valence electrons. The molecule has 6 rings (SSSR count). The molecule has 0 bridgehead atoms. The van der Waals surface area contributed by atoms with Crippen LogP contribution in [0.4, 0.5) is 4.39 Å². The van der Waals surface area contributed by atoms with Gasteiger partial charge in [-0.1, -0.05) is 121 Å². The molecule has 1 unspecified atom stereocenters. The molecule has 1 heterocycles. The van der Waals surface area contributed by atoms with Gasteiger partial charge in [-0.25, -0.2) is 4.39 Å². The summed E-state index contributed by atoms with van der Waals surface area (Å²) in [5.41, 5.74) is 4.63. The lowest BCUT2D eigenvalue weighted by Gasteiger charge is -2.46. The summed E-state index contributed by atoms with van der Waals surface area (Å²) in [6, 6.07) is 43.7. The van der Waals surface area contributed by atoms with Gasteiger partial charge in [0.15, 0.2) is 0 Å². The van der Waals surface area contributed by atoms with E-state index in [2.05, 4.69) is 0 Å². The molecule has 5 aromatic carbocycles. The highest BCUT2D eigenvalue weighted by molar-refractivity contribution is 5.75. The first-order valence-electron chi connectivity index (χ1n) is 16.2. The van der Waals surface area contributed by atoms with Crippen LogP contribution in [0, 0.1) is 5.82 Å². The fraction of sp³-hybridized carbons (Fsp3) is 0.244. The molecule has 7 heteroatoms. The molecule has 5 aromatic rings. The lowest BCUT2D eigenvalue weighted by molar-refractivity contribution is -0.275. The Morgan fingerprint density at radius 3 is 1.52 bits per heavy atom. The zero-order chi connectivity index (χ0) is 33.0. The van der Waals surface area contributed by atoms with Crippen LogP contribution in [0.25, 0.3) is 0 Å². The molecule has 0 N–H and O–H groups in total. The van der Waals surface area contributed by atoms with E-state index in [-0.39, 0.29) is 25.4 Å². The SMILES string of the molecule is O=Cc1cc(F)cc(C2O[C@H](COCc3ccccc3)[C@@H](OCc3ccccc3)[C@H](OCc3ccccc3)[C@H]2OCc2ccccc2)c1. The first-order chi connectivity index (χ1) is 23.7. The van der Waals surface area contributed by atoms with Gasteiger partial charge in [0.1, 0.15) is 42.6 Å². The molecular formula is C41H39FO6. The molecular weight excluding hydrogens is 607 g/mol. The normalized spacial score (nSPS) is 20.7. The maximum Gasteiger partial charge on any atom is 0.150 e. The standard InChI is InChI=1S/C41H39FO6/c42-36-22-34(24-43)21-35(23-36)38-40(46-27-32-17-9-3-10-18-32)41(47-28-33-19-11-4-12-20-33)39(45-26-31-15-7-2-8-16-31)37(48-38)29-44-25-30-13-5-1-6-14-30/h1-24,37-41H,25-29H2/t37-,38?,39-,40+,41+/m1/s1. The minimum atomic E-state index is -0.800. The van der Waals surface area contributed by atoms with Crippen molar-refractivity contribution in [2.75, 3.05) is 6.61 Å². The molecule has 6 nitrogen and oxygen atoms in total. The largest absolute Gasteiger partial charge is 0.374 e. The van der Waals surface area contributed by atoms with Crippen LogP contribution in [0.2, 0.25) is 0 Å². The molecule has 0 aliphatic carbocycles. The summed E-state index contributed by atoms with van der Waals surface area (Å²) in [6.45, 7) is 1.40. The third-order valence-electron chi connectivity index (χ3n) is 8.29. The first kappa shape index (κ1) is 33.4. The summed E-state index contributed by atoms with van der Waals surface area (Å²) in [4.78, 5) is 11.8. The maximum atomic E-state index is 15.0. The number of rotatable bonds is 15. The monoisotopic (exact) mass is 646 g/mol. The highest BCUT2D eigenvalue weighted by atomic mass is 19.1. The van der Waals surface area contributed by atoms with Gasteiger partial charge < -0.3 is 23.7 Å². The Hall–Kier alpha value is -4.50. The van der Waals surface area contributed by atoms with Gasteiger partial charge in [0.2, 0.25) is 0 Å². The Morgan fingerprint density at radius 1 is 0.562 bits per heavy atom. The molecule has 1 saturated heterocycles. The molecule has 0 amide bonds. The van der Waals surface area contributed by atoms with Gasteiger partial charge in [-0.3, -0.25) is 4.79 Å². The minimum Gasteiger partial charge on any atom is -0.374 e. The van der Waals surface area contributed by atoms with Crippen LogP contribution in [0.3, 0.4) is 0 Å². The van der Waals surface area contributed by atoms with Gasteiger partial charge in [0.25, 0.3) is 0 Å². The van der Waals surface area contributed by atoms with Crippen LogP contribution in [0.1, 0.15) is 44.3 Å². The summed E-state index contributed by atoms with van der Waals surface area (Å²) in [5.74, 6) is -0.541. The van der Waals surface area contributed by atoms with Crippen LogP contribution < -0.4 is 0 Å². The number of hydrogen-bond acceptors (Lipinski definition) is 6. The van der Waals surface area contributed by atoms with Crippen LogP contribution in [0.15, 0.2) is 140 Å². The molecule has 1 fully saturated rings. The Bertz CT molecular complexity index is 1690. The van der Waals surface area contributed by atoms with E-state index in [1.165, 1.54) is 12.1 Å². The third kappa shape index (κ3) is 9.10. The minimum absolute atomic E-state index is 0.178. The molecule has 48 heavy (non-hydrogen) atoms. The van der Waals surface area contributed by atoms with Gasteiger partial charge in [0.05, 0.1) is 33.0 Å². The number of carbonyl (C=O) groups is 1. The van der Waals surface area contributed by atoms with Crippen molar-refractivity contribution in [3.63, 3.8) is 0 Å². The average molecular weight is 647 g/mol. The summed E-state index contributed by atoms with van der Waals surface area (Å²) < 4.78 is 48.1. The predicted octanol–water partition coefficient (Wildman–Crippen LogP) is 8.05. The summed E-state index contributed by atoms with van der Waals surface area (Å²) in [6.07, 6.45) is -2.81. The number of halogens is 1. The Kier molecular flexibility index (Phi) is 11.9. The second-order valence-electron chi connectivity index (χ2n) is 11.8. The van der Waals surface area contributed by atoms with Crippen molar-refractivity contribution in [1.29, 1.82) is 0 Å². The smallest absolute Gasteiger partial charge is 0.150 e. The molecule has 0 saturated carbocycles. The molecule has 1 aliphatic rings. The van der Waals surface area contributed by atoms with E-state index in [1.54, 1.807) is 6.07 Å². The Balaban J connectivity index is 1.37. The van der Waals surface area contributed by atoms with Crippen molar-refractivity contribution < 1.29 is 32.9 Å². The van der Waals surface area contributed by atoms with Crippen LogP contribution in [-0.2, 0) is 50.1 Å². The topological polar surface area (TPSA) is 63.2 Å². The van der Waals surface area contributed by atoms with E-state index in [4.69, 9.17) is 23.7 Å². The van der Waals surface area contributed by atoms with Gasteiger partial charge in [0, 0.05) is 5.56 Å². The van der Waals surface area contributed by atoms with E-state index in [9.17, 15) is 9.18 Å². The second-order valence-corrected chi connectivity index (χ2v) is 11.8. The van der Waals surface area contributed by atoms with Crippen molar-refractivity contribution in [3.8, 4) is 0 Å². The quantitative estimate of drug-likeness (QED) is 0.107. The Labute approximate surface area is 281 Å². The lowest BCUT2D eigenvalue weighted by atomic mass is 9.89. The van der Waals surface area contributed by atoms with Crippen LogP contribution in [-0.4, -0.2) is 37.3 Å². The first-order valence-corrected chi connectivity index (χ1v) is 16.2. The third-order valence-corrected chi connectivity index (χ3v) is 8.29. The zero-order valence-corrected chi connectivity index (χ0v) is 26.6. The molecule has 1 aliphatic heterocycles. The lowest BCUT2D eigenvalue weighted by Crippen LogP contribution is -2.58. The summed E-state index contributed by atoms with van der Waals surface area (Å²) in [5, 5.41) is 0. The highest BCUT2D eigenvalue weighted by Crippen LogP contribution is 2.39. The van der Waals surface area contributed by atoms with Crippen molar-refractivity contribution in [1.82, 2.24) is 0 Å². The van der Waals surface area contributed by atoms with Crippen molar-refractivity contribution >= 4 is 6.29 Å². The van der Waals surface area contributed by atoms with E-state index in [0.717, 1.165) is 22.3 Å². The van der Waals surface area contributed by atoms with Crippen molar-refractivity contribution in [2.45, 2.75) is 56.9 Å². The van der Waals surface area contributed by atoms with E-state index >= 15 is 0 Å². The number of carbonyl (C=O) groups excluding carboxylic acids is 1. The number of ether oxygens (including phenoxy) is 5. The van der Waals surface area contributed by atoms with Crippen molar-refractivity contribution in [2.24, 2.45) is 0 Å². The summed E-state index contributed by atoms with van der Waals surface area (Å²) >= 11 is 0. The number of aldehydes is 1. The zero-order valence-electron chi connectivity index (χ0n) is 26.6. The fourth-order valence-corrected chi connectivity index (χ4v) is 5.93. The van der Waals surface area contributed by atoms with Crippen LogP contribution in [0.5, 0.6) is 0 Å². The van der Waals surface area contributed by atoms with Crippen molar-refractivity contribution in [3.05, 3.63) is 179 Å². The average Bonchev–Trinajstić information content (AvgIpc) is 3.14. The molecule has 0 aromatic heterocycles. The highest BCUT2D eigenvalue weighted by Gasteiger charge is 2.49. The number of hydrogen-bond donors (Lipinski definition) is 0. The van der Waals surface area contributed by atoms with Gasteiger partial charge >= 0.3 is 0 Å². The van der Waals surface area contributed by atoms with E-state index in [1.807, 2.05) is 121 Å². The van der Waals surface area contributed by atoms with E-state index < -0.39 is 36.3 Å². The van der Waals surface area contributed by atoms with Gasteiger partial charge in [-0.2, -0.15) is 0 Å². The number of benzene rings is 5.